The summed E-state index contributed by atoms with van der Waals surface area (Å²) in [5.74, 6) is -0.240. The van der Waals surface area contributed by atoms with Crippen LogP contribution in [-0.4, -0.2) is 11.8 Å². The Hall–Kier alpha value is -2.13. The lowest BCUT2D eigenvalue weighted by atomic mass is 10.1. The number of carbonyl (C=O) groups is 2. The van der Waals surface area contributed by atoms with Gasteiger partial charge >= 0.3 is 5.97 Å². The van der Waals surface area contributed by atoms with Crippen molar-refractivity contribution in [1.82, 2.24) is 0 Å². The third-order valence-corrected chi connectivity index (χ3v) is 3.25. The molecule has 0 saturated carbocycles. The minimum atomic E-state index is -0.412. The molecule has 3 nitrogen and oxygen atoms in total. The fraction of sp³-hybridized carbons (Fsp3) is 0.176. The van der Waals surface area contributed by atoms with Crippen molar-refractivity contribution in [3.8, 4) is 5.75 Å². The molecule has 0 saturated heterocycles. The number of carbonyl (C=O) groups excluding carboxylic acids is 2. The van der Waals surface area contributed by atoms with Gasteiger partial charge in [0.1, 0.15) is 5.75 Å². The molecule has 0 unspecified atom stereocenters. The average Bonchev–Trinajstić information content (AvgIpc) is 2.41. The maximum atomic E-state index is 12.0. The Morgan fingerprint density at radius 3 is 2.38 bits per heavy atom. The van der Waals surface area contributed by atoms with Crippen LogP contribution in [0.1, 0.15) is 28.4 Å². The number of benzene rings is 2. The van der Waals surface area contributed by atoms with Crippen LogP contribution >= 0.6 is 11.6 Å². The number of hydrogen-bond donors (Lipinski definition) is 0. The molecule has 0 atom stereocenters. The molecule has 2 rings (SSSR count). The van der Waals surface area contributed by atoms with Crippen molar-refractivity contribution in [2.24, 2.45) is 0 Å². The van der Waals surface area contributed by atoms with E-state index in [-0.39, 0.29) is 12.2 Å². The molecule has 0 fully saturated rings. The molecule has 2 aromatic rings. The fourth-order valence-corrected chi connectivity index (χ4v) is 2.06. The lowest BCUT2D eigenvalue weighted by Gasteiger charge is -2.09. The summed E-state index contributed by atoms with van der Waals surface area (Å²) >= 11 is 5.80. The van der Waals surface area contributed by atoms with E-state index in [1.807, 2.05) is 13.0 Å². The molecule has 4 heteroatoms. The number of ketones is 1. The van der Waals surface area contributed by atoms with E-state index < -0.39 is 5.97 Å². The second-order valence-corrected chi connectivity index (χ2v) is 5.27. The van der Waals surface area contributed by atoms with E-state index >= 15 is 0 Å². The van der Waals surface area contributed by atoms with Crippen LogP contribution in [0.2, 0.25) is 5.02 Å². The van der Waals surface area contributed by atoms with E-state index in [0.29, 0.717) is 16.3 Å². The maximum Gasteiger partial charge on any atom is 0.315 e. The molecule has 0 aliphatic rings. The number of rotatable bonds is 4. The largest absolute Gasteiger partial charge is 0.425 e. The molecule has 0 radical (unpaired) electrons. The number of aryl methyl sites for hydroxylation is 1. The van der Waals surface area contributed by atoms with Gasteiger partial charge in [-0.25, -0.2) is 0 Å². The molecule has 0 aliphatic heterocycles. The molecule has 0 bridgehead atoms. The predicted molar refractivity (Wildman–Crippen MR) is 82.0 cm³/mol. The van der Waals surface area contributed by atoms with Gasteiger partial charge in [-0.1, -0.05) is 29.8 Å². The molecule has 2 aromatic carbocycles. The summed E-state index contributed by atoms with van der Waals surface area (Å²) in [7, 11) is 0. The van der Waals surface area contributed by atoms with Gasteiger partial charge in [0.2, 0.25) is 0 Å². The highest BCUT2D eigenvalue weighted by atomic mass is 35.5. The Bertz CT molecular complexity index is 675. The standard InChI is InChI=1S/C17H15ClO3/c1-11-3-8-15(12(2)19)16(9-11)21-17(20)10-13-4-6-14(18)7-5-13/h3-9H,10H2,1-2H3. The smallest absolute Gasteiger partial charge is 0.315 e. The monoisotopic (exact) mass is 302 g/mol. The first-order valence-corrected chi connectivity index (χ1v) is 6.90. The van der Waals surface area contributed by atoms with E-state index in [1.165, 1.54) is 6.92 Å². The van der Waals surface area contributed by atoms with E-state index in [2.05, 4.69) is 0 Å². The first kappa shape index (κ1) is 15.3. The molecular formula is C17H15ClO3. The molecule has 108 valence electrons. The van der Waals surface area contributed by atoms with Crippen LogP contribution in [0.4, 0.5) is 0 Å². The lowest BCUT2D eigenvalue weighted by Crippen LogP contribution is -2.13. The number of halogens is 1. The quantitative estimate of drug-likeness (QED) is 0.487. The van der Waals surface area contributed by atoms with Gasteiger partial charge in [-0.3, -0.25) is 9.59 Å². The van der Waals surface area contributed by atoms with Crippen LogP contribution in [0.3, 0.4) is 0 Å². The van der Waals surface area contributed by atoms with Crippen molar-refractivity contribution in [2.45, 2.75) is 20.3 Å². The zero-order valence-corrected chi connectivity index (χ0v) is 12.6. The fourth-order valence-electron chi connectivity index (χ4n) is 1.93. The molecule has 0 heterocycles. The highest BCUT2D eigenvalue weighted by Crippen LogP contribution is 2.21. The van der Waals surface area contributed by atoms with E-state index in [4.69, 9.17) is 16.3 Å². The minimum Gasteiger partial charge on any atom is -0.425 e. The highest BCUT2D eigenvalue weighted by Gasteiger charge is 2.13. The van der Waals surface area contributed by atoms with Gasteiger partial charge in [0.25, 0.3) is 0 Å². The molecule has 0 amide bonds. The summed E-state index contributed by atoms with van der Waals surface area (Å²) in [6, 6.07) is 12.2. The van der Waals surface area contributed by atoms with Crippen LogP contribution in [-0.2, 0) is 11.2 Å². The Kier molecular flexibility index (Phi) is 4.76. The molecule has 21 heavy (non-hydrogen) atoms. The van der Waals surface area contributed by atoms with Crippen LogP contribution in [0, 0.1) is 6.92 Å². The molecule has 0 spiro atoms. The summed E-state index contributed by atoms with van der Waals surface area (Å²) < 4.78 is 5.33. The summed E-state index contributed by atoms with van der Waals surface area (Å²) in [6.45, 7) is 3.32. The van der Waals surface area contributed by atoms with Crippen molar-refractivity contribution in [3.63, 3.8) is 0 Å². The Morgan fingerprint density at radius 1 is 1.10 bits per heavy atom. The Labute approximate surface area is 128 Å². The number of Topliss-reactive ketones (excluding diaryl/α,β-unsaturated/α-hetero) is 1. The van der Waals surface area contributed by atoms with Crippen molar-refractivity contribution in [1.29, 1.82) is 0 Å². The summed E-state index contributed by atoms with van der Waals surface area (Å²) in [6.07, 6.45) is 0.127. The Morgan fingerprint density at radius 2 is 1.76 bits per heavy atom. The number of esters is 1. The predicted octanol–water partition coefficient (Wildman–Crippen LogP) is 4.00. The van der Waals surface area contributed by atoms with Crippen molar-refractivity contribution in [2.75, 3.05) is 0 Å². The first-order valence-electron chi connectivity index (χ1n) is 6.52. The molecular weight excluding hydrogens is 288 g/mol. The SMILES string of the molecule is CC(=O)c1ccc(C)cc1OC(=O)Cc1ccc(Cl)cc1. The molecule has 0 N–H and O–H groups in total. The van der Waals surface area contributed by atoms with Gasteiger partial charge in [0, 0.05) is 5.02 Å². The third-order valence-electron chi connectivity index (χ3n) is 3.00. The summed E-state index contributed by atoms with van der Waals surface area (Å²) in [5, 5.41) is 0.615. The average molecular weight is 303 g/mol. The van der Waals surface area contributed by atoms with Crippen LogP contribution in [0.15, 0.2) is 42.5 Å². The zero-order chi connectivity index (χ0) is 15.4. The lowest BCUT2D eigenvalue weighted by molar-refractivity contribution is -0.133. The summed E-state index contributed by atoms with van der Waals surface area (Å²) in [4.78, 5) is 23.5. The van der Waals surface area contributed by atoms with Gasteiger partial charge in [-0.15, -0.1) is 0 Å². The third kappa shape index (κ3) is 4.17. The van der Waals surface area contributed by atoms with Crippen molar-refractivity contribution >= 4 is 23.4 Å². The second-order valence-electron chi connectivity index (χ2n) is 4.83. The van der Waals surface area contributed by atoms with Crippen LogP contribution < -0.4 is 4.74 Å². The second kappa shape index (κ2) is 6.55. The van der Waals surface area contributed by atoms with Gasteiger partial charge in [0.15, 0.2) is 5.78 Å². The maximum absolute atomic E-state index is 12.0. The van der Waals surface area contributed by atoms with Crippen LogP contribution in [0.25, 0.3) is 0 Å². The number of ether oxygens (including phenoxy) is 1. The van der Waals surface area contributed by atoms with Crippen molar-refractivity contribution in [3.05, 3.63) is 64.2 Å². The molecule has 0 aliphatic carbocycles. The summed E-state index contributed by atoms with van der Waals surface area (Å²) in [5.41, 5.74) is 2.14. The van der Waals surface area contributed by atoms with Gasteiger partial charge < -0.3 is 4.74 Å². The Balaban J connectivity index is 2.14. The van der Waals surface area contributed by atoms with Crippen LogP contribution in [0.5, 0.6) is 5.75 Å². The van der Waals surface area contributed by atoms with E-state index in [1.54, 1.807) is 36.4 Å². The normalized spacial score (nSPS) is 10.2. The molecule has 0 aromatic heterocycles. The van der Waals surface area contributed by atoms with E-state index in [9.17, 15) is 9.59 Å². The topological polar surface area (TPSA) is 43.4 Å². The highest BCUT2D eigenvalue weighted by molar-refractivity contribution is 6.30. The zero-order valence-electron chi connectivity index (χ0n) is 11.9. The van der Waals surface area contributed by atoms with Gasteiger partial charge in [-0.2, -0.15) is 0 Å². The minimum absolute atomic E-state index is 0.127. The van der Waals surface area contributed by atoms with Crippen molar-refractivity contribution < 1.29 is 14.3 Å². The van der Waals surface area contributed by atoms with Gasteiger partial charge in [0.05, 0.1) is 12.0 Å². The van der Waals surface area contributed by atoms with E-state index in [0.717, 1.165) is 11.1 Å². The number of hydrogen-bond acceptors (Lipinski definition) is 3. The first-order chi connectivity index (χ1) is 9.95. The van der Waals surface area contributed by atoms with Gasteiger partial charge in [-0.05, 0) is 49.2 Å².